The molecule has 2 heterocycles. The van der Waals surface area contributed by atoms with Gasteiger partial charge in [0, 0.05) is 24.6 Å². The lowest BCUT2D eigenvalue weighted by Crippen LogP contribution is -2.50. The zero-order valence-electron chi connectivity index (χ0n) is 11.0. The van der Waals surface area contributed by atoms with E-state index in [0.717, 1.165) is 5.56 Å². The molecule has 1 amide bonds. The molecule has 1 aromatic heterocycles. The molecule has 104 valence electrons. The molecular formula is C12H15Cl2N3O2. The van der Waals surface area contributed by atoms with Crippen molar-refractivity contribution in [3.63, 3.8) is 0 Å². The van der Waals surface area contributed by atoms with E-state index in [1.54, 1.807) is 11.0 Å². The summed E-state index contributed by atoms with van der Waals surface area (Å²) in [6, 6.07) is 1.69. The van der Waals surface area contributed by atoms with Gasteiger partial charge in [-0.25, -0.2) is 4.79 Å². The number of hydrogen-bond acceptors (Lipinski definition) is 4. The minimum atomic E-state index is -0.485. The van der Waals surface area contributed by atoms with Crippen LogP contribution >= 0.6 is 23.2 Å². The first-order valence-corrected chi connectivity index (χ1v) is 6.68. The third-order valence-corrected chi connectivity index (χ3v) is 3.20. The SMILES string of the molecule is CC(C)(C)OC(=O)N1CC(c2cc(Cl)nnc2Cl)C1. The van der Waals surface area contributed by atoms with Gasteiger partial charge in [0.25, 0.3) is 0 Å². The van der Waals surface area contributed by atoms with Gasteiger partial charge in [-0.05, 0) is 26.8 Å². The summed E-state index contributed by atoms with van der Waals surface area (Å²) in [6.07, 6.45) is -0.312. The molecule has 0 bridgehead atoms. The van der Waals surface area contributed by atoms with Crippen LogP contribution in [0.1, 0.15) is 32.3 Å². The van der Waals surface area contributed by atoms with Crippen molar-refractivity contribution in [1.82, 2.24) is 15.1 Å². The highest BCUT2D eigenvalue weighted by atomic mass is 35.5. The summed E-state index contributed by atoms with van der Waals surface area (Å²) in [4.78, 5) is 13.4. The van der Waals surface area contributed by atoms with Crippen LogP contribution in [0.25, 0.3) is 0 Å². The summed E-state index contributed by atoms with van der Waals surface area (Å²) in [5.41, 5.74) is 0.336. The number of ether oxygens (including phenoxy) is 1. The zero-order chi connectivity index (χ0) is 14.2. The van der Waals surface area contributed by atoms with Crippen molar-refractivity contribution in [3.8, 4) is 0 Å². The Morgan fingerprint density at radius 2 is 2.00 bits per heavy atom. The molecule has 1 aromatic rings. The Kier molecular flexibility index (Phi) is 3.87. The van der Waals surface area contributed by atoms with E-state index >= 15 is 0 Å². The number of likely N-dealkylation sites (tertiary alicyclic amines) is 1. The third-order valence-electron chi connectivity index (χ3n) is 2.72. The number of rotatable bonds is 1. The lowest BCUT2D eigenvalue weighted by atomic mass is 9.93. The number of halogens is 2. The number of amides is 1. The van der Waals surface area contributed by atoms with Gasteiger partial charge in [0.2, 0.25) is 0 Å². The average Bonchev–Trinajstić information content (AvgIpc) is 2.18. The standard InChI is InChI=1S/C12H15Cl2N3O2/c1-12(2,3)19-11(18)17-5-7(6-17)8-4-9(13)15-16-10(8)14/h4,7H,5-6H2,1-3H3. The van der Waals surface area contributed by atoms with Crippen molar-refractivity contribution in [3.05, 3.63) is 21.9 Å². The average molecular weight is 304 g/mol. The van der Waals surface area contributed by atoms with Crippen molar-refractivity contribution in [2.24, 2.45) is 0 Å². The Bertz CT molecular complexity index is 496. The van der Waals surface area contributed by atoms with Gasteiger partial charge in [-0.1, -0.05) is 23.2 Å². The highest BCUT2D eigenvalue weighted by molar-refractivity contribution is 6.31. The summed E-state index contributed by atoms with van der Waals surface area (Å²) in [5.74, 6) is 0.132. The quantitative estimate of drug-likeness (QED) is 0.800. The smallest absolute Gasteiger partial charge is 0.410 e. The van der Waals surface area contributed by atoms with Gasteiger partial charge in [-0.15, -0.1) is 10.2 Å². The largest absolute Gasteiger partial charge is 0.444 e. The molecule has 7 heteroatoms. The normalized spacial score (nSPS) is 16.2. The number of nitrogens with zero attached hydrogens (tertiary/aromatic N) is 3. The van der Waals surface area contributed by atoms with E-state index in [9.17, 15) is 4.79 Å². The van der Waals surface area contributed by atoms with Gasteiger partial charge in [0.15, 0.2) is 10.3 Å². The summed E-state index contributed by atoms with van der Waals surface area (Å²) < 4.78 is 5.28. The minimum Gasteiger partial charge on any atom is -0.444 e. The molecule has 0 atom stereocenters. The number of carbonyl (C=O) groups is 1. The van der Waals surface area contributed by atoms with Crippen LogP contribution < -0.4 is 0 Å². The van der Waals surface area contributed by atoms with E-state index in [2.05, 4.69) is 10.2 Å². The lowest BCUT2D eigenvalue weighted by molar-refractivity contribution is 0.00816. The van der Waals surface area contributed by atoms with Crippen LogP contribution in [0.5, 0.6) is 0 Å². The molecule has 1 saturated heterocycles. The monoisotopic (exact) mass is 303 g/mol. The van der Waals surface area contributed by atoms with Gasteiger partial charge in [-0.2, -0.15) is 0 Å². The Morgan fingerprint density at radius 3 is 2.58 bits per heavy atom. The maximum absolute atomic E-state index is 11.8. The van der Waals surface area contributed by atoms with Gasteiger partial charge in [0.1, 0.15) is 5.60 Å². The van der Waals surface area contributed by atoms with Crippen LogP contribution in [0.15, 0.2) is 6.07 Å². The summed E-state index contributed by atoms with van der Waals surface area (Å²) >= 11 is 11.8. The third kappa shape index (κ3) is 3.48. The van der Waals surface area contributed by atoms with Crippen molar-refractivity contribution in [2.75, 3.05) is 13.1 Å². The van der Waals surface area contributed by atoms with E-state index in [0.29, 0.717) is 23.4 Å². The lowest BCUT2D eigenvalue weighted by Gasteiger charge is -2.40. The van der Waals surface area contributed by atoms with E-state index in [4.69, 9.17) is 27.9 Å². The van der Waals surface area contributed by atoms with Crippen molar-refractivity contribution in [2.45, 2.75) is 32.3 Å². The molecule has 19 heavy (non-hydrogen) atoms. The fourth-order valence-corrected chi connectivity index (χ4v) is 2.21. The van der Waals surface area contributed by atoms with E-state index in [1.165, 1.54) is 0 Å². The van der Waals surface area contributed by atoms with Crippen molar-refractivity contribution in [1.29, 1.82) is 0 Å². The second-order valence-electron chi connectivity index (χ2n) is 5.50. The second-order valence-corrected chi connectivity index (χ2v) is 6.24. The van der Waals surface area contributed by atoms with Crippen LogP contribution in [0.2, 0.25) is 10.3 Å². The summed E-state index contributed by atoms with van der Waals surface area (Å²) in [5, 5.41) is 8.05. The first-order chi connectivity index (χ1) is 8.76. The highest BCUT2D eigenvalue weighted by Crippen LogP contribution is 2.32. The molecule has 0 radical (unpaired) electrons. The fraction of sp³-hybridized carbons (Fsp3) is 0.583. The molecule has 0 aliphatic carbocycles. The fourth-order valence-electron chi connectivity index (χ4n) is 1.80. The molecule has 2 rings (SSSR count). The number of aromatic nitrogens is 2. The second kappa shape index (κ2) is 5.13. The van der Waals surface area contributed by atoms with Gasteiger partial charge >= 0.3 is 6.09 Å². The Labute approximate surface area is 121 Å². The molecule has 0 aromatic carbocycles. The number of carbonyl (C=O) groups excluding carboxylic acids is 1. The topological polar surface area (TPSA) is 55.3 Å². The molecule has 0 saturated carbocycles. The summed E-state index contributed by atoms with van der Waals surface area (Å²) in [6.45, 7) is 6.62. The van der Waals surface area contributed by atoms with E-state index < -0.39 is 5.60 Å². The molecule has 1 fully saturated rings. The van der Waals surface area contributed by atoms with Crippen LogP contribution in [-0.2, 0) is 4.74 Å². The van der Waals surface area contributed by atoms with E-state index in [1.807, 2.05) is 20.8 Å². The predicted octanol–water partition coefficient (Wildman–Crippen LogP) is 3.12. The first kappa shape index (κ1) is 14.3. The molecule has 5 nitrogen and oxygen atoms in total. The predicted molar refractivity (Wildman–Crippen MR) is 72.6 cm³/mol. The molecule has 0 spiro atoms. The minimum absolute atomic E-state index is 0.132. The van der Waals surface area contributed by atoms with Gasteiger partial charge in [0.05, 0.1) is 0 Å². The van der Waals surface area contributed by atoms with Crippen LogP contribution in [-0.4, -0.2) is 39.9 Å². The highest BCUT2D eigenvalue weighted by Gasteiger charge is 2.36. The van der Waals surface area contributed by atoms with Crippen LogP contribution in [0.4, 0.5) is 4.79 Å². The zero-order valence-corrected chi connectivity index (χ0v) is 12.5. The molecule has 0 unspecified atom stereocenters. The Hall–Kier alpha value is -1.07. The van der Waals surface area contributed by atoms with Gasteiger partial charge < -0.3 is 9.64 Å². The Balaban J connectivity index is 1.96. The summed E-state index contributed by atoms with van der Waals surface area (Å²) in [7, 11) is 0. The number of hydrogen-bond donors (Lipinski definition) is 0. The Morgan fingerprint density at radius 1 is 1.37 bits per heavy atom. The van der Waals surface area contributed by atoms with Crippen molar-refractivity contribution >= 4 is 29.3 Å². The molecule has 0 N–H and O–H groups in total. The first-order valence-electron chi connectivity index (χ1n) is 5.93. The molecule has 1 aliphatic heterocycles. The van der Waals surface area contributed by atoms with E-state index in [-0.39, 0.29) is 12.0 Å². The maximum Gasteiger partial charge on any atom is 0.410 e. The van der Waals surface area contributed by atoms with Crippen molar-refractivity contribution < 1.29 is 9.53 Å². The maximum atomic E-state index is 11.8. The van der Waals surface area contributed by atoms with Gasteiger partial charge in [-0.3, -0.25) is 0 Å². The molecule has 1 aliphatic rings. The molecular weight excluding hydrogens is 289 g/mol. The van der Waals surface area contributed by atoms with Crippen LogP contribution in [0.3, 0.4) is 0 Å². The van der Waals surface area contributed by atoms with Crippen LogP contribution in [0, 0.1) is 0 Å².